The van der Waals surface area contributed by atoms with Crippen LogP contribution >= 0.6 is 11.8 Å². The van der Waals surface area contributed by atoms with Gasteiger partial charge in [-0.1, -0.05) is 6.07 Å². The second-order valence-corrected chi connectivity index (χ2v) is 3.62. The molecule has 0 radical (unpaired) electrons. The zero-order valence-corrected chi connectivity index (χ0v) is 7.89. The predicted molar refractivity (Wildman–Crippen MR) is 54.1 cm³/mol. The van der Waals surface area contributed by atoms with Gasteiger partial charge in [0, 0.05) is 11.9 Å². The summed E-state index contributed by atoms with van der Waals surface area (Å²) in [5.41, 5.74) is 6.53. The highest BCUT2D eigenvalue weighted by molar-refractivity contribution is 7.98. The minimum absolute atomic E-state index is 0.787. The van der Waals surface area contributed by atoms with Crippen molar-refractivity contribution in [2.24, 2.45) is 5.73 Å². The Kier molecular flexibility index (Phi) is 4.80. The van der Waals surface area contributed by atoms with E-state index >= 15 is 0 Å². The van der Waals surface area contributed by atoms with Crippen LogP contribution in [0.25, 0.3) is 0 Å². The third kappa shape index (κ3) is 3.74. The van der Waals surface area contributed by atoms with E-state index in [1.165, 1.54) is 0 Å². The lowest BCUT2D eigenvalue weighted by atomic mass is 10.4. The van der Waals surface area contributed by atoms with Gasteiger partial charge in [0.15, 0.2) is 0 Å². The average molecular weight is 182 g/mol. The molecule has 0 aliphatic rings. The van der Waals surface area contributed by atoms with Crippen LogP contribution in [0.5, 0.6) is 0 Å². The first-order valence-electron chi connectivity index (χ1n) is 4.11. The van der Waals surface area contributed by atoms with Gasteiger partial charge >= 0.3 is 0 Å². The summed E-state index contributed by atoms with van der Waals surface area (Å²) in [6, 6.07) is 6.01. The number of pyridine rings is 1. The molecule has 2 nitrogen and oxygen atoms in total. The standard InChI is InChI=1S/C9H14N2S/c10-5-3-7-12-8-9-4-1-2-6-11-9/h1-2,4,6H,3,5,7-8,10H2. The highest BCUT2D eigenvalue weighted by atomic mass is 32.2. The molecule has 0 fully saturated rings. The van der Waals surface area contributed by atoms with Gasteiger partial charge in [0.1, 0.15) is 0 Å². The van der Waals surface area contributed by atoms with Crippen molar-refractivity contribution < 1.29 is 0 Å². The van der Waals surface area contributed by atoms with E-state index in [2.05, 4.69) is 11.1 Å². The van der Waals surface area contributed by atoms with Crippen molar-refractivity contribution in [3.8, 4) is 0 Å². The molecule has 3 heteroatoms. The Morgan fingerprint density at radius 1 is 1.42 bits per heavy atom. The lowest BCUT2D eigenvalue weighted by Gasteiger charge is -1.98. The van der Waals surface area contributed by atoms with Crippen molar-refractivity contribution in [3.05, 3.63) is 30.1 Å². The van der Waals surface area contributed by atoms with Gasteiger partial charge in [-0.05, 0) is 30.9 Å². The van der Waals surface area contributed by atoms with Crippen LogP contribution in [0.1, 0.15) is 12.1 Å². The Labute approximate surface area is 77.6 Å². The maximum Gasteiger partial charge on any atom is 0.0502 e. The molecule has 2 N–H and O–H groups in total. The van der Waals surface area contributed by atoms with Crippen molar-refractivity contribution >= 4 is 11.8 Å². The molecule has 1 aromatic rings. The molecule has 1 rings (SSSR count). The van der Waals surface area contributed by atoms with E-state index in [1.54, 1.807) is 0 Å². The lowest BCUT2D eigenvalue weighted by Crippen LogP contribution is -1.99. The van der Waals surface area contributed by atoms with Gasteiger partial charge in [-0.2, -0.15) is 11.8 Å². The van der Waals surface area contributed by atoms with E-state index in [9.17, 15) is 0 Å². The smallest absolute Gasteiger partial charge is 0.0502 e. The first kappa shape index (κ1) is 9.55. The summed E-state index contributed by atoms with van der Waals surface area (Å²) in [5, 5.41) is 0. The van der Waals surface area contributed by atoms with E-state index in [-0.39, 0.29) is 0 Å². The topological polar surface area (TPSA) is 38.9 Å². The van der Waals surface area contributed by atoms with Crippen molar-refractivity contribution in [2.75, 3.05) is 12.3 Å². The Hall–Kier alpha value is -0.540. The van der Waals surface area contributed by atoms with E-state index in [0.29, 0.717) is 0 Å². The van der Waals surface area contributed by atoms with Crippen molar-refractivity contribution in [2.45, 2.75) is 12.2 Å². The van der Waals surface area contributed by atoms with Crippen molar-refractivity contribution in [1.82, 2.24) is 4.98 Å². The molecule has 0 amide bonds. The molecule has 0 saturated carbocycles. The molecule has 12 heavy (non-hydrogen) atoms. The molecule has 0 unspecified atom stereocenters. The van der Waals surface area contributed by atoms with Gasteiger partial charge in [-0.3, -0.25) is 4.98 Å². The predicted octanol–water partition coefficient (Wildman–Crippen LogP) is 1.66. The number of nitrogens with two attached hydrogens (primary N) is 1. The summed E-state index contributed by atoms with van der Waals surface area (Å²) < 4.78 is 0. The van der Waals surface area contributed by atoms with Gasteiger partial charge in [0.2, 0.25) is 0 Å². The Morgan fingerprint density at radius 2 is 2.33 bits per heavy atom. The van der Waals surface area contributed by atoms with Crippen molar-refractivity contribution in [3.63, 3.8) is 0 Å². The Balaban J connectivity index is 2.16. The SMILES string of the molecule is NCCCSCc1ccccn1. The summed E-state index contributed by atoms with van der Waals surface area (Å²) >= 11 is 1.89. The maximum atomic E-state index is 5.38. The van der Waals surface area contributed by atoms with E-state index in [4.69, 9.17) is 5.73 Å². The average Bonchev–Trinajstić information content (AvgIpc) is 2.14. The molecule has 0 aliphatic heterocycles. The van der Waals surface area contributed by atoms with Crippen LogP contribution < -0.4 is 5.73 Å². The molecule has 0 saturated heterocycles. The quantitative estimate of drug-likeness (QED) is 0.704. The highest BCUT2D eigenvalue weighted by Crippen LogP contribution is 2.09. The van der Waals surface area contributed by atoms with Gasteiger partial charge in [-0.25, -0.2) is 0 Å². The molecule has 0 bridgehead atoms. The maximum absolute atomic E-state index is 5.38. The van der Waals surface area contributed by atoms with E-state index < -0.39 is 0 Å². The van der Waals surface area contributed by atoms with Crippen LogP contribution in [0.15, 0.2) is 24.4 Å². The number of hydrogen-bond acceptors (Lipinski definition) is 3. The molecule has 0 atom stereocenters. The summed E-state index contributed by atoms with van der Waals surface area (Å²) in [6.07, 6.45) is 2.93. The highest BCUT2D eigenvalue weighted by Gasteiger charge is 1.92. The summed E-state index contributed by atoms with van der Waals surface area (Å²) in [7, 11) is 0. The second-order valence-electron chi connectivity index (χ2n) is 2.52. The van der Waals surface area contributed by atoms with Crippen LogP contribution in [0.2, 0.25) is 0 Å². The number of hydrogen-bond donors (Lipinski definition) is 1. The van der Waals surface area contributed by atoms with Gasteiger partial charge < -0.3 is 5.73 Å². The monoisotopic (exact) mass is 182 g/mol. The molecule has 0 aromatic carbocycles. The minimum atomic E-state index is 0.787. The number of aromatic nitrogens is 1. The van der Waals surface area contributed by atoms with Crippen LogP contribution in [0, 0.1) is 0 Å². The molecular formula is C9H14N2S. The van der Waals surface area contributed by atoms with Gasteiger partial charge in [0.05, 0.1) is 5.69 Å². The van der Waals surface area contributed by atoms with Crippen LogP contribution in [0.3, 0.4) is 0 Å². The molecule has 0 spiro atoms. The second kappa shape index (κ2) is 6.03. The fourth-order valence-electron chi connectivity index (χ4n) is 0.846. The van der Waals surface area contributed by atoms with E-state index in [0.717, 1.165) is 30.2 Å². The number of nitrogens with zero attached hydrogens (tertiary/aromatic N) is 1. The summed E-state index contributed by atoms with van der Waals surface area (Å²) in [6.45, 7) is 0.787. The minimum Gasteiger partial charge on any atom is -0.330 e. The fourth-order valence-corrected chi connectivity index (χ4v) is 1.74. The van der Waals surface area contributed by atoms with Crippen LogP contribution in [-0.4, -0.2) is 17.3 Å². The molecule has 1 aromatic heterocycles. The third-order valence-electron chi connectivity index (χ3n) is 1.47. The third-order valence-corrected chi connectivity index (χ3v) is 2.55. The number of rotatable bonds is 5. The normalized spacial score (nSPS) is 10.1. The Morgan fingerprint density at radius 3 is 3.00 bits per heavy atom. The van der Waals surface area contributed by atoms with Crippen LogP contribution in [0.4, 0.5) is 0 Å². The zero-order chi connectivity index (χ0) is 8.65. The first-order valence-corrected chi connectivity index (χ1v) is 5.26. The van der Waals surface area contributed by atoms with E-state index in [1.807, 2.05) is 30.1 Å². The fraction of sp³-hybridized carbons (Fsp3) is 0.444. The molecule has 66 valence electrons. The summed E-state index contributed by atoms with van der Waals surface area (Å²) in [5.74, 6) is 2.13. The largest absolute Gasteiger partial charge is 0.330 e. The number of thioether (sulfide) groups is 1. The first-order chi connectivity index (χ1) is 5.93. The molecule has 0 aliphatic carbocycles. The summed E-state index contributed by atoms with van der Waals surface area (Å²) in [4.78, 5) is 4.22. The van der Waals surface area contributed by atoms with Gasteiger partial charge in [-0.15, -0.1) is 0 Å². The van der Waals surface area contributed by atoms with Gasteiger partial charge in [0.25, 0.3) is 0 Å². The molecule has 1 heterocycles. The lowest BCUT2D eigenvalue weighted by molar-refractivity contribution is 0.942. The zero-order valence-electron chi connectivity index (χ0n) is 7.07. The molecular weight excluding hydrogens is 168 g/mol. The Bertz CT molecular complexity index is 201. The van der Waals surface area contributed by atoms with Crippen molar-refractivity contribution in [1.29, 1.82) is 0 Å². The van der Waals surface area contributed by atoms with Crippen LogP contribution in [-0.2, 0) is 5.75 Å².